The highest BCUT2D eigenvalue weighted by Crippen LogP contribution is 2.15. The molecule has 0 radical (unpaired) electrons. The van der Waals surface area contributed by atoms with Crippen LogP contribution in [0.15, 0.2) is 23.5 Å². The van der Waals surface area contributed by atoms with Crippen LogP contribution in [-0.4, -0.2) is 60.4 Å². The van der Waals surface area contributed by atoms with E-state index in [0.717, 1.165) is 45.4 Å². The van der Waals surface area contributed by atoms with Gasteiger partial charge in [-0.15, -0.1) is 24.0 Å². The molecule has 1 aliphatic heterocycles. The van der Waals surface area contributed by atoms with Gasteiger partial charge in [0.1, 0.15) is 0 Å². The monoisotopic (exact) mass is 449 g/mol. The van der Waals surface area contributed by atoms with E-state index in [9.17, 15) is 0 Å². The molecule has 0 amide bonds. The maximum absolute atomic E-state index is 5.45. The van der Waals surface area contributed by atoms with Crippen molar-refractivity contribution in [2.75, 3.05) is 39.4 Å². The molecule has 138 valence electrons. The molecule has 0 spiro atoms. The van der Waals surface area contributed by atoms with Gasteiger partial charge in [-0.2, -0.15) is 0 Å². The zero-order valence-electron chi connectivity index (χ0n) is 15.3. The Bertz CT molecular complexity index is 509. The Morgan fingerprint density at radius 2 is 2.00 bits per heavy atom. The predicted molar refractivity (Wildman–Crippen MR) is 110 cm³/mol. The molecule has 1 saturated heterocycles. The lowest BCUT2D eigenvalue weighted by Crippen LogP contribution is -2.56. The van der Waals surface area contributed by atoms with E-state index in [4.69, 9.17) is 4.74 Å². The van der Waals surface area contributed by atoms with Gasteiger partial charge in [-0.1, -0.05) is 0 Å². The van der Waals surface area contributed by atoms with E-state index in [2.05, 4.69) is 53.6 Å². The van der Waals surface area contributed by atoms with E-state index in [1.54, 1.807) is 0 Å². The fraction of sp³-hybridized carbons (Fsp3) is 0.706. The quantitative estimate of drug-likeness (QED) is 0.395. The normalized spacial score (nSPS) is 16.6. The van der Waals surface area contributed by atoms with Crippen LogP contribution >= 0.6 is 24.0 Å². The van der Waals surface area contributed by atoms with Crippen LogP contribution in [0.5, 0.6) is 0 Å². The summed E-state index contributed by atoms with van der Waals surface area (Å²) in [6, 6.07) is 2.10. The summed E-state index contributed by atoms with van der Waals surface area (Å²) in [5, 5.41) is 6.81. The summed E-state index contributed by atoms with van der Waals surface area (Å²) in [5.74, 6) is 0.873. The molecule has 0 atom stereocenters. The second kappa shape index (κ2) is 10.2. The molecule has 0 saturated carbocycles. The summed E-state index contributed by atoms with van der Waals surface area (Å²) in [6.45, 7) is 12.7. The molecule has 2 heterocycles. The maximum Gasteiger partial charge on any atom is 0.191 e. The first-order chi connectivity index (χ1) is 11.0. The summed E-state index contributed by atoms with van der Waals surface area (Å²) in [4.78, 5) is 7.16. The van der Waals surface area contributed by atoms with Crippen LogP contribution in [0.25, 0.3) is 0 Å². The third kappa shape index (κ3) is 6.60. The first-order valence-electron chi connectivity index (χ1n) is 8.47. The van der Waals surface area contributed by atoms with E-state index < -0.39 is 0 Å². The van der Waals surface area contributed by atoms with Gasteiger partial charge in [0.05, 0.1) is 19.8 Å². The van der Waals surface area contributed by atoms with Crippen LogP contribution in [-0.2, 0) is 18.3 Å². The third-order valence-corrected chi connectivity index (χ3v) is 4.21. The molecule has 2 N–H and O–H groups in total. The Morgan fingerprint density at radius 3 is 2.58 bits per heavy atom. The zero-order valence-corrected chi connectivity index (χ0v) is 17.7. The van der Waals surface area contributed by atoms with Gasteiger partial charge >= 0.3 is 0 Å². The third-order valence-electron chi connectivity index (χ3n) is 4.21. The fourth-order valence-corrected chi connectivity index (χ4v) is 2.75. The van der Waals surface area contributed by atoms with Crippen molar-refractivity contribution < 1.29 is 4.74 Å². The molecule has 24 heavy (non-hydrogen) atoms. The average Bonchev–Trinajstić information content (AvgIpc) is 2.96. The lowest BCUT2D eigenvalue weighted by molar-refractivity contribution is -0.00834. The molecule has 0 aromatic carbocycles. The van der Waals surface area contributed by atoms with Crippen LogP contribution in [0.3, 0.4) is 0 Å². The van der Waals surface area contributed by atoms with Crippen LogP contribution < -0.4 is 10.6 Å². The summed E-state index contributed by atoms with van der Waals surface area (Å²) in [5.41, 5.74) is 1.30. The number of ether oxygens (including phenoxy) is 1. The molecule has 1 aliphatic rings. The van der Waals surface area contributed by atoms with Crippen LogP contribution in [0.1, 0.15) is 26.3 Å². The maximum atomic E-state index is 5.45. The van der Waals surface area contributed by atoms with Crippen molar-refractivity contribution in [2.24, 2.45) is 12.0 Å². The van der Waals surface area contributed by atoms with Crippen molar-refractivity contribution in [3.05, 3.63) is 24.0 Å². The van der Waals surface area contributed by atoms with Crippen molar-refractivity contribution in [1.82, 2.24) is 20.1 Å². The summed E-state index contributed by atoms with van der Waals surface area (Å²) in [7, 11) is 2.03. The molecule has 1 aromatic heterocycles. The molecule has 7 heteroatoms. The Labute approximate surface area is 163 Å². The van der Waals surface area contributed by atoms with Crippen molar-refractivity contribution >= 4 is 29.9 Å². The Morgan fingerprint density at radius 1 is 1.29 bits per heavy atom. The molecule has 6 nitrogen and oxygen atoms in total. The molecule has 2 rings (SSSR count). The smallest absolute Gasteiger partial charge is 0.191 e. The molecule has 0 aliphatic carbocycles. The summed E-state index contributed by atoms with van der Waals surface area (Å²) < 4.78 is 7.50. The van der Waals surface area contributed by atoms with Crippen LogP contribution in [0.2, 0.25) is 0 Å². The number of nitrogens with zero attached hydrogens (tertiary/aromatic N) is 3. The number of rotatable bonds is 6. The number of halogens is 1. The summed E-state index contributed by atoms with van der Waals surface area (Å²) in [6.07, 6.45) is 4.15. The average molecular weight is 449 g/mol. The van der Waals surface area contributed by atoms with Gasteiger partial charge in [-0.3, -0.25) is 4.90 Å². The highest BCUT2D eigenvalue weighted by Gasteiger charge is 2.28. The van der Waals surface area contributed by atoms with Gasteiger partial charge in [0.15, 0.2) is 5.96 Å². The topological polar surface area (TPSA) is 53.8 Å². The lowest BCUT2D eigenvalue weighted by Gasteiger charge is -2.41. The molecular formula is C17H32IN5O. The minimum atomic E-state index is 0. The van der Waals surface area contributed by atoms with Gasteiger partial charge in [0.25, 0.3) is 0 Å². The second-order valence-electron chi connectivity index (χ2n) is 6.65. The van der Waals surface area contributed by atoms with Crippen molar-refractivity contribution in [1.29, 1.82) is 0 Å². The SMILES string of the molecule is CCNC(=NCc1ccn(C)c1)NCC(C)(C)N1CCOCC1.I. The van der Waals surface area contributed by atoms with Crippen molar-refractivity contribution in [3.63, 3.8) is 0 Å². The van der Waals surface area contributed by atoms with E-state index in [0.29, 0.717) is 6.54 Å². The van der Waals surface area contributed by atoms with Crippen LogP contribution in [0.4, 0.5) is 0 Å². The summed E-state index contributed by atoms with van der Waals surface area (Å²) >= 11 is 0. The predicted octanol–water partition coefficient (Wildman–Crippen LogP) is 1.81. The molecule has 0 unspecified atom stereocenters. The zero-order chi connectivity index (χ0) is 16.7. The largest absolute Gasteiger partial charge is 0.379 e. The van der Waals surface area contributed by atoms with E-state index in [1.165, 1.54) is 5.56 Å². The number of hydrogen-bond acceptors (Lipinski definition) is 3. The highest BCUT2D eigenvalue weighted by atomic mass is 127. The Kier molecular flexibility index (Phi) is 9.07. The van der Waals surface area contributed by atoms with E-state index in [1.807, 2.05) is 17.8 Å². The standard InChI is InChI=1S/C17H31N5O.HI/c1-5-18-16(19-12-15-6-7-21(4)13-15)20-14-17(2,3)22-8-10-23-11-9-22;/h6-7,13H,5,8-12,14H2,1-4H3,(H2,18,19,20);1H. The van der Waals surface area contributed by atoms with Gasteiger partial charge in [-0.25, -0.2) is 4.99 Å². The van der Waals surface area contributed by atoms with Gasteiger partial charge in [-0.05, 0) is 32.4 Å². The van der Waals surface area contributed by atoms with Crippen molar-refractivity contribution in [3.8, 4) is 0 Å². The first-order valence-corrected chi connectivity index (χ1v) is 8.47. The lowest BCUT2D eigenvalue weighted by atomic mass is 10.0. The van der Waals surface area contributed by atoms with Gasteiger partial charge in [0, 0.05) is 51.2 Å². The number of nitrogens with one attached hydrogen (secondary N) is 2. The Hall–Kier alpha value is -0.800. The Balaban J connectivity index is 0.00000288. The number of aryl methyl sites for hydroxylation is 1. The van der Waals surface area contributed by atoms with E-state index in [-0.39, 0.29) is 29.5 Å². The molecule has 1 aromatic rings. The van der Waals surface area contributed by atoms with Gasteiger partial charge in [0.2, 0.25) is 0 Å². The van der Waals surface area contributed by atoms with Gasteiger partial charge < -0.3 is 19.9 Å². The number of aromatic nitrogens is 1. The number of morpholine rings is 1. The van der Waals surface area contributed by atoms with E-state index >= 15 is 0 Å². The number of hydrogen-bond donors (Lipinski definition) is 2. The molecular weight excluding hydrogens is 417 g/mol. The molecule has 1 fully saturated rings. The highest BCUT2D eigenvalue weighted by molar-refractivity contribution is 14.0. The minimum absolute atomic E-state index is 0. The molecule has 0 bridgehead atoms. The number of guanidine groups is 1. The first kappa shape index (κ1) is 21.2. The number of aliphatic imine (C=N–C) groups is 1. The van der Waals surface area contributed by atoms with Crippen molar-refractivity contribution in [2.45, 2.75) is 32.9 Å². The second-order valence-corrected chi connectivity index (χ2v) is 6.65. The minimum Gasteiger partial charge on any atom is -0.379 e. The fourth-order valence-electron chi connectivity index (χ4n) is 2.75. The van der Waals surface area contributed by atoms with Crippen LogP contribution in [0, 0.1) is 0 Å².